The van der Waals surface area contributed by atoms with Crippen LogP contribution in [0.1, 0.15) is 36.0 Å². The standard InChI is InChI=1S/C15H12F6N2O/c1-8-11(4-2-9(7-22)13(8)15(19,20)21)23-10(3-5-12(23)24)6-14(16,17)18/h2,4,10H,3,5-6H2,1H3/t10-/m1/s1. The van der Waals surface area contributed by atoms with E-state index in [-0.39, 0.29) is 18.5 Å². The molecule has 0 aromatic heterocycles. The van der Waals surface area contributed by atoms with E-state index in [1.165, 1.54) is 6.07 Å². The maximum atomic E-state index is 13.2. The van der Waals surface area contributed by atoms with Gasteiger partial charge in [-0.05, 0) is 31.0 Å². The van der Waals surface area contributed by atoms with E-state index in [1.54, 1.807) is 0 Å². The highest BCUT2D eigenvalue weighted by atomic mass is 19.4. The molecule has 0 radical (unpaired) electrons. The maximum Gasteiger partial charge on any atom is 0.418 e. The highest BCUT2D eigenvalue weighted by Gasteiger charge is 2.43. The van der Waals surface area contributed by atoms with Gasteiger partial charge in [-0.2, -0.15) is 31.6 Å². The molecule has 2 rings (SSSR count). The zero-order valence-electron chi connectivity index (χ0n) is 12.4. The zero-order chi connectivity index (χ0) is 18.3. The molecule has 1 saturated heterocycles. The predicted molar refractivity (Wildman–Crippen MR) is 72.1 cm³/mol. The molecule has 1 amide bonds. The number of amides is 1. The first-order chi connectivity index (χ1) is 11.0. The number of nitriles is 1. The van der Waals surface area contributed by atoms with Crippen LogP contribution < -0.4 is 4.90 Å². The Morgan fingerprint density at radius 1 is 1.25 bits per heavy atom. The third-order valence-electron chi connectivity index (χ3n) is 3.89. The van der Waals surface area contributed by atoms with Crippen LogP contribution in [0.5, 0.6) is 0 Å². The maximum absolute atomic E-state index is 13.2. The first-order valence-electron chi connectivity index (χ1n) is 6.95. The van der Waals surface area contributed by atoms with Gasteiger partial charge in [0.2, 0.25) is 5.91 Å². The predicted octanol–water partition coefficient (Wildman–Crippen LogP) is 4.33. The second-order valence-corrected chi connectivity index (χ2v) is 5.52. The summed E-state index contributed by atoms with van der Waals surface area (Å²) in [4.78, 5) is 12.7. The van der Waals surface area contributed by atoms with Crippen molar-refractivity contribution < 1.29 is 31.1 Å². The molecule has 3 nitrogen and oxygen atoms in total. The van der Waals surface area contributed by atoms with Gasteiger partial charge in [-0.25, -0.2) is 0 Å². The number of carbonyl (C=O) groups is 1. The van der Waals surface area contributed by atoms with Gasteiger partial charge in [0.1, 0.15) is 0 Å². The topological polar surface area (TPSA) is 44.1 Å². The molecule has 1 aliphatic heterocycles. The minimum Gasteiger partial charge on any atom is -0.309 e. The van der Waals surface area contributed by atoms with Crippen molar-refractivity contribution in [2.24, 2.45) is 0 Å². The van der Waals surface area contributed by atoms with Gasteiger partial charge in [0, 0.05) is 18.2 Å². The third-order valence-corrected chi connectivity index (χ3v) is 3.89. The summed E-state index contributed by atoms with van der Waals surface area (Å²) in [6.45, 7) is 1.05. The zero-order valence-corrected chi connectivity index (χ0v) is 12.4. The summed E-state index contributed by atoms with van der Waals surface area (Å²) in [5.41, 5.74) is -2.53. The van der Waals surface area contributed by atoms with Gasteiger partial charge in [0.15, 0.2) is 0 Å². The molecular weight excluding hydrogens is 338 g/mol. The third kappa shape index (κ3) is 3.47. The fraction of sp³-hybridized carbons (Fsp3) is 0.467. The van der Waals surface area contributed by atoms with E-state index in [1.807, 2.05) is 0 Å². The monoisotopic (exact) mass is 350 g/mol. The van der Waals surface area contributed by atoms with E-state index < -0.39 is 47.4 Å². The second-order valence-electron chi connectivity index (χ2n) is 5.52. The smallest absolute Gasteiger partial charge is 0.309 e. The van der Waals surface area contributed by atoms with Crippen molar-refractivity contribution in [1.82, 2.24) is 0 Å². The molecule has 1 fully saturated rings. The van der Waals surface area contributed by atoms with Crippen LogP contribution in [0.4, 0.5) is 32.0 Å². The lowest BCUT2D eigenvalue weighted by Gasteiger charge is -2.28. The van der Waals surface area contributed by atoms with Crippen molar-refractivity contribution in [1.29, 1.82) is 5.26 Å². The molecule has 1 aromatic carbocycles. The molecule has 0 saturated carbocycles. The summed E-state index contributed by atoms with van der Waals surface area (Å²) in [5.74, 6) is -0.662. The largest absolute Gasteiger partial charge is 0.418 e. The lowest BCUT2D eigenvalue weighted by Crippen LogP contribution is -2.37. The molecule has 24 heavy (non-hydrogen) atoms. The van der Waals surface area contributed by atoms with Gasteiger partial charge in [-0.1, -0.05) is 0 Å². The van der Waals surface area contributed by atoms with E-state index in [9.17, 15) is 31.1 Å². The van der Waals surface area contributed by atoms with Crippen molar-refractivity contribution >= 4 is 11.6 Å². The number of hydrogen-bond acceptors (Lipinski definition) is 2. The highest BCUT2D eigenvalue weighted by molar-refractivity contribution is 5.97. The summed E-state index contributed by atoms with van der Waals surface area (Å²) in [5, 5.41) is 8.84. The van der Waals surface area contributed by atoms with Crippen LogP contribution in [0.15, 0.2) is 12.1 Å². The van der Waals surface area contributed by atoms with E-state index in [4.69, 9.17) is 5.26 Å². The van der Waals surface area contributed by atoms with Crippen molar-refractivity contribution in [2.75, 3.05) is 4.90 Å². The summed E-state index contributed by atoms with van der Waals surface area (Å²) < 4.78 is 77.5. The van der Waals surface area contributed by atoms with Crippen LogP contribution in [0, 0.1) is 18.3 Å². The molecule has 1 heterocycles. The Balaban J connectivity index is 2.55. The Labute approximate surface area is 133 Å². The van der Waals surface area contributed by atoms with Gasteiger partial charge in [0.05, 0.1) is 23.6 Å². The van der Waals surface area contributed by atoms with E-state index in [0.29, 0.717) is 0 Å². The van der Waals surface area contributed by atoms with Crippen molar-refractivity contribution in [3.63, 3.8) is 0 Å². The minimum atomic E-state index is -4.85. The molecular formula is C15H12F6N2O. The quantitative estimate of drug-likeness (QED) is 0.745. The van der Waals surface area contributed by atoms with Crippen LogP contribution in [0.25, 0.3) is 0 Å². The van der Waals surface area contributed by atoms with Gasteiger partial charge in [-0.3, -0.25) is 4.79 Å². The number of benzene rings is 1. The minimum absolute atomic E-state index is 0.0842. The molecule has 0 spiro atoms. The number of hydrogen-bond donors (Lipinski definition) is 0. The number of nitrogens with zero attached hydrogens (tertiary/aromatic N) is 2. The average molecular weight is 350 g/mol. The molecule has 1 atom stereocenters. The molecule has 0 bridgehead atoms. The number of rotatable bonds is 2. The molecule has 0 unspecified atom stereocenters. The van der Waals surface area contributed by atoms with E-state index in [0.717, 1.165) is 24.0 Å². The molecule has 9 heteroatoms. The molecule has 1 aromatic rings. The first-order valence-corrected chi connectivity index (χ1v) is 6.95. The second kappa shape index (κ2) is 6.00. The number of halogens is 6. The summed E-state index contributed by atoms with van der Waals surface area (Å²) in [7, 11) is 0. The number of alkyl halides is 6. The van der Waals surface area contributed by atoms with E-state index >= 15 is 0 Å². The van der Waals surface area contributed by atoms with Gasteiger partial charge >= 0.3 is 12.4 Å². The van der Waals surface area contributed by atoms with Crippen LogP contribution >= 0.6 is 0 Å². The lowest BCUT2D eigenvalue weighted by molar-refractivity contribution is -0.139. The molecule has 1 aliphatic rings. The number of carbonyl (C=O) groups excluding carboxylic acids is 1. The normalized spacial score (nSPS) is 18.8. The summed E-state index contributed by atoms with van der Waals surface area (Å²) in [6, 6.07) is 2.14. The molecule has 130 valence electrons. The number of anilines is 1. The fourth-order valence-corrected chi connectivity index (χ4v) is 2.95. The average Bonchev–Trinajstić information content (AvgIpc) is 2.76. The van der Waals surface area contributed by atoms with Gasteiger partial charge < -0.3 is 4.90 Å². The van der Waals surface area contributed by atoms with Gasteiger partial charge in [0.25, 0.3) is 0 Å². The highest BCUT2D eigenvalue weighted by Crippen LogP contribution is 2.41. The Hall–Kier alpha value is -2.24. The molecule has 0 N–H and O–H groups in total. The fourth-order valence-electron chi connectivity index (χ4n) is 2.95. The van der Waals surface area contributed by atoms with Crippen molar-refractivity contribution in [3.8, 4) is 6.07 Å². The first kappa shape index (κ1) is 18.1. The Bertz CT molecular complexity index is 702. The summed E-state index contributed by atoms with van der Waals surface area (Å²) >= 11 is 0. The van der Waals surface area contributed by atoms with Gasteiger partial charge in [-0.15, -0.1) is 0 Å². The van der Waals surface area contributed by atoms with Crippen LogP contribution in [0.2, 0.25) is 0 Å². The Morgan fingerprint density at radius 3 is 2.38 bits per heavy atom. The lowest BCUT2D eigenvalue weighted by atomic mass is 9.99. The SMILES string of the molecule is Cc1c(N2C(=O)CC[C@@H]2CC(F)(F)F)ccc(C#N)c1C(F)(F)F. The van der Waals surface area contributed by atoms with Crippen LogP contribution in [0.3, 0.4) is 0 Å². The Kier molecular flexibility index (Phi) is 4.52. The van der Waals surface area contributed by atoms with Crippen LogP contribution in [-0.2, 0) is 11.0 Å². The van der Waals surface area contributed by atoms with Crippen LogP contribution in [-0.4, -0.2) is 18.1 Å². The van der Waals surface area contributed by atoms with Crippen molar-refractivity contribution in [2.45, 2.75) is 44.6 Å². The van der Waals surface area contributed by atoms with E-state index in [2.05, 4.69) is 0 Å². The van der Waals surface area contributed by atoms with Crippen molar-refractivity contribution in [3.05, 3.63) is 28.8 Å². The summed E-state index contributed by atoms with van der Waals surface area (Å²) in [6.07, 6.45) is -10.9. The molecule has 0 aliphatic carbocycles. The Morgan fingerprint density at radius 2 is 1.88 bits per heavy atom.